The minimum Gasteiger partial charge on any atom is -0.491 e. The molecule has 0 radical (unpaired) electrons. The fourth-order valence-electron chi connectivity index (χ4n) is 1.91. The molecule has 0 heterocycles. The zero-order chi connectivity index (χ0) is 15.4. The molecule has 112 valence electrons. The van der Waals surface area contributed by atoms with Gasteiger partial charge in [-0.1, -0.05) is 39.1 Å². The maximum absolute atomic E-state index is 6.00. The Morgan fingerprint density at radius 2 is 1.76 bits per heavy atom. The fourth-order valence-corrected chi connectivity index (χ4v) is 2.84. The summed E-state index contributed by atoms with van der Waals surface area (Å²) in [6, 6.07) is 11.4. The van der Waals surface area contributed by atoms with Crippen molar-refractivity contribution in [3.63, 3.8) is 0 Å². The Balaban J connectivity index is 2.16. The molecule has 21 heavy (non-hydrogen) atoms. The van der Waals surface area contributed by atoms with E-state index in [1.165, 1.54) is 0 Å². The van der Waals surface area contributed by atoms with Gasteiger partial charge in [0.2, 0.25) is 0 Å². The van der Waals surface area contributed by atoms with E-state index in [-0.39, 0.29) is 6.10 Å². The van der Waals surface area contributed by atoms with E-state index in [9.17, 15) is 0 Å². The first-order chi connectivity index (χ1) is 9.94. The van der Waals surface area contributed by atoms with Crippen molar-refractivity contribution in [3.8, 4) is 5.75 Å². The summed E-state index contributed by atoms with van der Waals surface area (Å²) >= 11 is 15.5. The molecule has 0 unspecified atom stereocenters. The number of rotatable bonds is 5. The van der Waals surface area contributed by atoms with Crippen LogP contribution in [-0.2, 0) is 6.54 Å². The summed E-state index contributed by atoms with van der Waals surface area (Å²) in [6.45, 7) is 4.64. The summed E-state index contributed by atoms with van der Waals surface area (Å²) < 4.78 is 6.84. The molecule has 0 saturated heterocycles. The molecular weight excluding hydrogens is 373 g/mol. The molecule has 0 spiro atoms. The Labute approximate surface area is 143 Å². The number of anilines is 1. The Bertz CT molecular complexity index is 611. The van der Waals surface area contributed by atoms with Crippen LogP contribution in [0, 0.1) is 0 Å². The van der Waals surface area contributed by atoms with Crippen LogP contribution in [-0.4, -0.2) is 6.10 Å². The average molecular weight is 389 g/mol. The summed E-state index contributed by atoms with van der Waals surface area (Å²) in [5, 5.41) is 4.53. The van der Waals surface area contributed by atoms with Gasteiger partial charge in [0.1, 0.15) is 5.75 Å². The van der Waals surface area contributed by atoms with E-state index in [0.717, 1.165) is 21.5 Å². The SMILES string of the molecule is CC(C)Oc1ccc(Br)cc1CNc1cc(Cl)cc(Cl)c1. The molecule has 0 amide bonds. The maximum Gasteiger partial charge on any atom is 0.124 e. The second kappa shape index (κ2) is 7.39. The van der Waals surface area contributed by atoms with Gasteiger partial charge in [-0.05, 0) is 50.2 Å². The van der Waals surface area contributed by atoms with Crippen molar-refractivity contribution < 1.29 is 4.74 Å². The molecule has 0 aliphatic carbocycles. The van der Waals surface area contributed by atoms with Gasteiger partial charge in [0, 0.05) is 32.3 Å². The lowest BCUT2D eigenvalue weighted by Crippen LogP contribution is -2.09. The molecule has 2 aromatic rings. The van der Waals surface area contributed by atoms with E-state index < -0.39 is 0 Å². The van der Waals surface area contributed by atoms with Gasteiger partial charge in [0.15, 0.2) is 0 Å². The number of nitrogens with one attached hydrogen (secondary N) is 1. The Morgan fingerprint density at radius 1 is 1.10 bits per heavy atom. The maximum atomic E-state index is 6.00. The van der Waals surface area contributed by atoms with Gasteiger partial charge >= 0.3 is 0 Å². The zero-order valence-corrected chi connectivity index (χ0v) is 14.9. The minimum absolute atomic E-state index is 0.130. The standard InChI is InChI=1S/C16H16BrCl2NO/c1-10(2)21-16-4-3-12(17)5-11(16)9-20-15-7-13(18)6-14(19)8-15/h3-8,10,20H,9H2,1-2H3. The Hall–Kier alpha value is -0.900. The van der Waals surface area contributed by atoms with Gasteiger partial charge in [-0.15, -0.1) is 0 Å². The Morgan fingerprint density at radius 3 is 2.38 bits per heavy atom. The van der Waals surface area contributed by atoms with Crippen LogP contribution in [0.15, 0.2) is 40.9 Å². The third kappa shape index (κ3) is 5.10. The van der Waals surface area contributed by atoms with E-state index in [4.69, 9.17) is 27.9 Å². The van der Waals surface area contributed by atoms with Gasteiger partial charge in [-0.3, -0.25) is 0 Å². The molecule has 0 fully saturated rings. The molecule has 0 aromatic heterocycles. The fraction of sp³-hybridized carbons (Fsp3) is 0.250. The van der Waals surface area contributed by atoms with Gasteiger partial charge in [-0.25, -0.2) is 0 Å². The average Bonchev–Trinajstić information content (AvgIpc) is 2.37. The molecule has 5 heteroatoms. The van der Waals surface area contributed by atoms with Crippen molar-refractivity contribution in [2.75, 3.05) is 5.32 Å². The van der Waals surface area contributed by atoms with E-state index in [1.54, 1.807) is 6.07 Å². The highest BCUT2D eigenvalue weighted by Gasteiger charge is 2.07. The van der Waals surface area contributed by atoms with E-state index in [2.05, 4.69) is 21.2 Å². The van der Waals surface area contributed by atoms with Crippen molar-refractivity contribution in [1.29, 1.82) is 0 Å². The summed E-state index contributed by atoms with van der Waals surface area (Å²) in [4.78, 5) is 0. The predicted octanol–water partition coefficient (Wildman–Crippen LogP) is 6.16. The highest BCUT2D eigenvalue weighted by Crippen LogP contribution is 2.27. The molecule has 0 aliphatic heterocycles. The summed E-state index contributed by atoms with van der Waals surface area (Å²) in [5.74, 6) is 0.869. The second-order valence-corrected chi connectivity index (χ2v) is 6.72. The summed E-state index contributed by atoms with van der Waals surface area (Å²) in [6.07, 6.45) is 0.130. The molecule has 2 rings (SSSR count). The number of ether oxygens (including phenoxy) is 1. The molecule has 2 nitrogen and oxygen atoms in total. The zero-order valence-electron chi connectivity index (χ0n) is 11.8. The van der Waals surface area contributed by atoms with Gasteiger partial charge in [0.25, 0.3) is 0 Å². The van der Waals surface area contributed by atoms with Crippen LogP contribution < -0.4 is 10.1 Å². The Kier molecular flexibility index (Phi) is 5.80. The topological polar surface area (TPSA) is 21.3 Å². The molecule has 2 aromatic carbocycles. The lowest BCUT2D eigenvalue weighted by atomic mass is 10.2. The summed E-state index contributed by atoms with van der Waals surface area (Å²) in [5.41, 5.74) is 1.94. The number of benzene rings is 2. The van der Waals surface area contributed by atoms with E-state index in [1.807, 2.05) is 44.2 Å². The number of hydrogen-bond acceptors (Lipinski definition) is 2. The first-order valence-electron chi connectivity index (χ1n) is 6.59. The lowest BCUT2D eigenvalue weighted by molar-refractivity contribution is 0.240. The number of halogens is 3. The van der Waals surface area contributed by atoms with Crippen LogP contribution in [0.5, 0.6) is 5.75 Å². The predicted molar refractivity (Wildman–Crippen MR) is 93.7 cm³/mol. The third-order valence-electron chi connectivity index (χ3n) is 2.73. The van der Waals surface area contributed by atoms with E-state index in [0.29, 0.717) is 16.6 Å². The second-order valence-electron chi connectivity index (χ2n) is 4.93. The van der Waals surface area contributed by atoms with Gasteiger partial charge < -0.3 is 10.1 Å². The molecule has 1 N–H and O–H groups in total. The van der Waals surface area contributed by atoms with Crippen molar-refractivity contribution in [2.45, 2.75) is 26.5 Å². The first kappa shape index (κ1) is 16.5. The summed E-state index contributed by atoms with van der Waals surface area (Å²) in [7, 11) is 0. The molecule has 0 saturated carbocycles. The van der Waals surface area contributed by atoms with E-state index >= 15 is 0 Å². The van der Waals surface area contributed by atoms with Crippen molar-refractivity contribution in [2.24, 2.45) is 0 Å². The van der Waals surface area contributed by atoms with Crippen molar-refractivity contribution in [1.82, 2.24) is 0 Å². The van der Waals surface area contributed by atoms with Crippen LogP contribution >= 0.6 is 39.1 Å². The highest BCUT2D eigenvalue weighted by atomic mass is 79.9. The molecular formula is C16H16BrCl2NO. The highest BCUT2D eigenvalue weighted by molar-refractivity contribution is 9.10. The molecule has 0 bridgehead atoms. The number of hydrogen-bond donors (Lipinski definition) is 1. The van der Waals surface area contributed by atoms with Gasteiger partial charge in [0.05, 0.1) is 6.10 Å². The quantitative estimate of drug-likeness (QED) is 0.662. The van der Waals surface area contributed by atoms with Crippen LogP contribution in [0.1, 0.15) is 19.4 Å². The minimum atomic E-state index is 0.130. The van der Waals surface area contributed by atoms with Crippen LogP contribution in [0.25, 0.3) is 0 Å². The largest absolute Gasteiger partial charge is 0.491 e. The van der Waals surface area contributed by atoms with Crippen LogP contribution in [0.2, 0.25) is 10.0 Å². The smallest absolute Gasteiger partial charge is 0.124 e. The monoisotopic (exact) mass is 387 g/mol. The van der Waals surface area contributed by atoms with Crippen molar-refractivity contribution >= 4 is 44.8 Å². The van der Waals surface area contributed by atoms with Crippen molar-refractivity contribution in [3.05, 3.63) is 56.5 Å². The normalized spacial score (nSPS) is 10.8. The lowest BCUT2D eigenvalue weighted by Gasteiger charge is -2.16. The first-order valence-corrected chi connectivity index (χ1v) is 8.14. The van der Waals surface area contributed by atoms with Crippen LogP contribution in [0.4, 0.5) is 5.69 Å². The van der Waals surface area contributed by atoms with Gasteiger partial charge in [-0.2, -0.15) is 0 Å². The molecule has 0 atom stereocenters. The third-order valence-corrected chi connectivity index (χ3v) is 3.66. The van der Waals surface area contributed by atoms with Crippen LogP contribution in [0.3, 0.4) is 0 Å². The molecule has 0 aliphatic rings.